The molecule has 3 heterocycles. The van der Waals surface area contributed by atoms with Crippen LogP contribution in [0.1, 0.15) is 42.5 Å². The zero-order chi connectivity index (χ0) is 27.1. The van der Waals surface area contributed by atoms with Gasteiger partial charge in [0, 0.05) is 42.5 Å². The van der Waals surface area contributed by atoms with Crippen LogP contribution in [0.25, 0.3) is 0 Å². The molecule has 38 heavy (non-hydrogen) atoms. The third kappa shape index (κ3) is 5.30. The number of halogens is 5. The van der Waals surface area contributed by atoms with Gasteiger partial charge in [0.15, 0.2) is 0 Å². The van der Waals surface area contributed by atoms with Crippen LogP contribution < -0.4 is 9.46 Å². The van der Waals surface area contributed by atoms with E-state index in [-0.39, 0.29) is 37.7 Å². The number of ether oxygens (including phenoxy) is 1. The van der Waals surface area contributed by atoms with Crippen molar-refractivity contribution in [2.24, 2.45) is 5.92 Å². The molecule has 0 radical (unpaired) electrons. The highest BCUT2D eigenvalue weighted by molar-refractivity contribution is 7.92. The maximum absolute atomic E-state index is 15.3. The van der Waals surface area contributed by atoms with E-state index in [0.717, 1.165) is 12.1 Å². The fourth-order valence-electron chi connectivity index (χ4n) is 5.12. The van der Waals surface area contributed by atoms with E-state index in [1.54, 1.807) is 0 Å². The number of rotatable bonds is 5. The molecule has 2 aliphatic rings. The standard InChI is InChI=1S/C25H23F5N4O3S/c26-17-4-2-15(3-5-17)21-12-16(25(28,29)30)6-10-34(21)20-7-11-37-22-14-23(19(27)13-18(20)22)38(35,36)33-24-31-8-1-9-32-24/h1-5,8-9,13-14,16,20-21H,6-7,10-12H2,(H,31,32,33)/t16-,20+,21+/m0/s1. The normalized spacial score (nSPS) is 22.4. The molecule has 0 spiro atoms. The van der Waals surface area contributed by atoms with E-state index in [1.807, 2.05) is 4.90 Å². The number of nitrogens with one attached hydrogen (secondary N) is 1. The molecule has 202 valence electrons. The summed E-state index contributed by atoms with van der Waals surface area (Å²) >= 11 is 0. The van der Waals surface area contributed by atoms with Crippen LogP contribution in [0.2, 0.25) is 0 Å². The fourth-order valence-corrected chi connectivity index (χ4v) is 6.15. The number of likely N-dealkylation sites (tertiary alicyclic amines) is 1. The Morgan fingerprint density at radius 1 is 1.00 bits per heavy atom. The van der Waals surface area contributed by atoms with Crippen molar-refractivity contribution in [2.75, 3.05) is 17.9 Å². The molecule has 0 aliphatic carbocycles. The van der Waals surface area contributed by atoms with Crippen molar-refractivity contribution in [3.05, 3.63) is 77.6 Å². The van der Waals surface area contributed by atoms with Crippen molar-refractivity contribution in [1.82, 2.24) is 14.9 Å². The van der Waals surface area contributed by atoms with Gasteiger partial charge in [-0.25, -0.2) is 31.9 Å². The summed E-state index contributed by atoms with van der Waals surface area (Å²) in [6.45, 7) is 0.207. The maximum atomic E-state index is 15.3. The highest BCUT2D eigenvalue weighted by atomic mass is 32.2. The van der Waals surface area contributed by atoms with Gasteiger partial charge in [-0.15, -0.1) is 0 Å². The van der Waals surface area contributed by atoms with Gasteiger partial charge in [0.05, 0.1) is 12.5 Å². The first-order valence-electron chi connectivity index (χ1n) is 11.9. The van der Waals surface area contributed by atoms with Gasteiger partial charge < -0.3 is 4.74 Å². The first-order chi connectivity index (χ1) is 18.0. The van der Waals surface area contributed by atoms with Crippen LogP contribution in [0.15, 0.2) is 59.8 Å². The molecule has 2 aliphatic heterocycles. The molecule has 3 atom stereocenters. The molecule has 1 aromatic heterocycles. The van der Waals surface area contributed by atoms with E-state index in [2.05, 4.69) is 14.7 Å². The average Bonchev–Trinajstić information content (AvgIpc) is 2.88. The summed E-state index contributed by atoms with van der Waals surface area (Å²) in [7, 11) is -4.41. The summed E-state index contributed by atoms with van der Waals surface area (Å²) in [6, 6.07) is 7.66. The Labute approximate surface area is 215 Å². The molecule has 0 amide bonds. The molecule has 7 nitrogen and oxygen atoms in total. The van der Waals surface area contributed by atoms with Crippen LogP contribution in [0.5, 0.6) is 5.75 Å². The van der Waals surface area contributed by atoms with Crippen molar-refractivity contribution < 1.29 is 35.1 Å². The molecule has 1 fully saturated rings. The van der Waals surface area contributed by atoms with E-state index < -0.39 is 50.7 Å². The van der Waals surface area contributed by atoms with Crippen molar-refractivity contribution in [3.63, 3.8) is 0 Å². The molecule has 3 aromatic rings. The Hall–Kier alpha value is -3.32. The van der Waals surface area contributed by atoms with E-state index in [0.29, 0.717) is 17.5 Å². The Kier molecular flexibility index (Phi) is 6.99. The molecule has 2 aromatic carbocycles. The van der Waals surface area contributed by atoms with Crippen molar-refractivity contribution >= 4 is 16.0 Å². The van der Waals surface area contributed by atoms with Crippen molar-refractivity contribution in [2.45, 2.75) is 42.4 Å². The predicted molar refractivity (Wildman–Crippen MR) is 127 cm³/mol. The van der Waals surface area contributed by atoms with Crippen molar-refractivity contribution in [1.29, 1.82) is 0 Å². The van der Waals surface area contributed by atoms with Crippen LogP contribution in [0, 0.1) is 17.6 Å². The fraction of sp³-hybridized carbons (Fsp3) is 0.360. The van der Waals surface area contributed by atoms with Crippen LogP contribution >= 0.6 is 0 Å². The minimum atomic E-state index is -4.41. The largest absolute Gasteiger partial charge is 0.493 e. The Balaban J connectivity index is 1.49. The number of sulfonamides is 1. The first-order valence-corrected chi connectivity index (χ1v) is 13.4. The second-order valence-corrected chi connectivity index (χ2v) is 10.9. The highest BCUT2D eigenvalue weighted by Crippen LogP contribution is 2.48. The minimum Gasteiger partial charge on any atom is -0.493 e. The first kappa shape index (κ1) is 26.3. The van der Waals surface area contributed by atoms with Gasteiger partial charge in [0.2, 0.25) is 5.95 Å². The number of alkyl halides is 3. The lowest BCUT2D eigenvalue weighted by atomic mass is 9.84. The lowest BCUT2D eigenvalue weighted by Crippen LogP contribution is -2.44. The zero-order valence-corrected chi connectivity index (χ0v) is 20.6. The van der Waals surface area contributed by atoms with Gasteiger partial charge in [-0.05, 0) is 49.2 Å². The summed E-state index contributed by atoms with van der Waals surface area (Å²) in [4.78, 5) is 8.74. The average molecular weight is 555 g/mol. The summed E-state index contributed by atoms with van der Waals surface area (Å²) < 4.78 is 103. The molecular weight excluding hydrogens is 531 g/mol. The molecular formula is C25H23F5N4O3S. The van der Waals surface area contributed by atoms with Gasteiger partial charge in [0.25, 0.3) is 10.0 Å². The number of benzene rings is 2. The second kappa shape index (κ2) is 10.1. The number of anilines is 1. The summed E-state index contributed by atoms with van der Waals surface area (Å²) in [5, 5.41) is 0. The second-order valence-electron chi connectivity index (χ2n) is 9.22. The van der Waals surface area contributed by atoms with Crippen LogP contribution in [-0.4, -0.2) is 42.6 Å². The van der Waals surface area contributed by atoms with Gasteiger partial charge in [-0.2, -0.15) is 13.2 Å². The van der Waals surface area contributed by atoms with Crippen LogP contribution in [0.4, 0.5) is 27.9 Å². The summed E-state index contributed by atoms with van der Waals surface area (Å²) in [5.74, 6) is -3.22. The van der Waals surface area contributed by atoms with Gasteiger partial charge in [-0.1, -0.05) is 12.1 Å². The van der Waals surface area contributed by atoms with Crippen molar-refractivity contribution in [3.8, 4) is 5.75 Å². The lowest BCUT2D eigenvalue weighted by Gasteiger charge is -2.46. The number of hydrogen-bond donors (Lipinski definition) is 1. The molecule has 13 heteroatoms. The predicted octanol–water partition coefficient (Wildman–Crippen LogP) is 5.39. The van der Waals surface area contributed by atoms with Gasteiger partial charge in [0.1, 0.15) is 22.3 Å². The maximum Gasteiger partial charge on any atom is 0.391 e. The van der Waals surface area contributed by atoms with Gasteiger partial charge in [-0.3, -0.25) is 4.90 Å². The number of hydrogen-bond acceptors (Lipinski definition) is 6. The molecule has 0 bridgehead atoms. The number of fused-ring (bicyclic) bond motifs is 1. The zero-order valence-electron chi connectivity index (χ0n) is 19.8. The van der Waals surface area contributed by atoms with Gasteiger partial charge >= 0.3 is 6.18 Å². The Morgan fingerprint density at radius 3 is 2.39 bits per heavy atom. The minimum absolute atomic E-state index is 0.0604. The molecule has 0 unspecified atom stereocenters. The van der Waals surface area contributed by atoms with Crippen LogP contribution in [-0.2, 0) is 10.0 Å². The highest BCUT2D eigenvalue weighted by Gasteiger charge is 2.46. The lowest BCUT2D eigenvalue weighted by molar-refractivity contribution is -0.192. The molecule has 0 saturated carbocycles. The smallest absolute Gasteiger partial charge is 0.391 e. The third-order valence-corrected chi connectivity index (χ3v) is 8.26. The topological polar surface area (TPSA) is 84.4 Å². The summed E-state index contributed by atoms with van der Waals surface area (Å²) in [5.41, 5.74) is 0.848. The van der Waals surface area contributed by atoms with E-state index in [1.165, 1.54) is 42.7 Å². The molecule has 1 N–H and O–H groups in total. The monoisotopic (exact) mass is 554 g/mol. The Bertz CT molecular complexity index is 1400. The van der Waals surface area contributed by atoms with E-state index >= 15 is 4.39 Å². The van der Waals surface area contributed by atoms with Crippen LogP contribution in [0.3, 0.4) is 0 Å². The van der Waals surface area contributed by atoms with E-state index in [4.69, 9.17) is 4.74 Å². The quantitative estimate of drug-likeness (QED) is 0.426. The van der Waals surface area contributed by atoms with E-state index in [9.17, 15) is 26.0 Å². The number of aromatic nitrogens is 2. The third-order valence-electron chi connectivity index (χ3n) is 6.92. The number of nitrogens with zero attached hydrogens (tertiary/aromatic N) is 3. The summed E-state index contributed by atoms with van der Waals surface area (Å²) in [6.07, 6.45) is -1.78. The number of piperidine rings is 1. The Morgan fingerprint density at radius 2 is 1.71 bits per heavy atom. The molecule has 5 rings (SSSR count). The molecule has 1 saturated heterocycles. The SMILES string of the molecule is O=S(=O)(Nc1ncccn1)c1cc2c(cc1F)[C@H](N1CC[C@H](C(F)(F)F)C[C@@H]1c1ccc(F)cc1)CCO2.